The summed E-state index contributed by atoms with van der Waals surface area (Å²) in [5, 5.41) is 3.76. The van der Waals surface area contributed by atoms with Gasteiger partial charge in [0.25, 0.3) is 0 Å². The monoisotopic (exact) mass is 289 g/mol. The fraction of sp³-hybridized carbons (Fsp3) is 0.667. The van der Waals surface area contributed by atoms with Gasteiger partial charge in [-0.25, -0.2) is 0 Å². The molecule has 0 aliphatic carbocycles. The van der Waals surface area contributed by atoms with Gasteiger partial charge in [0.2, 0.25) is 0 Å². The summed E-state index contributed by atoms with van der Waals surface area (Å²) in [6, 6.07) is 7.69. The summed E-state index contributed by atoms with van der Waals surface area (Å²) in [4.78, 5) is 4.99. The van der Waals surface area contributed by atoms with E-state index in [9.17, 15) is 0 Å². The van der Waals surface area contributed by atoms with Gasteiger partial charge in [-0.1, -0.05) is 23.8 Å². The van der Waals surface area contributed by atoms with Crippen LogP contribution in [0, 0.1) is 13.8 Å². The molecule has 3 heteroatoms. The number of nitrogens with one attached hydrogen (secondary N) is 1. The van der Waals surface area contributed by atoms with Gasteiger partial charge in [-0.2, -0.15) is 0 Å². The first-order chi connectivity index (χ1) is 9.95. The van der Waals surface area contributed by atoms with E-state index in [1.54, 1.807) is 0 Å². The van der Waals surface area contributed by atoms with E-state index >= 15 is 0 Å². The van der Waals surface area contributed by atoms with Crippen LogP contribution in [-0.4, -0.2) is 55.6 Å². The van der Waals surface area contributed by atoms with Crippen molar-refractivity contribution in [2.75, 3.05) is 39.8 Å². The molecule has 2 rings (SSSR count). The Hall–Kier alpha value is -0.900. The first kappa shape index (κ1) is 16.5. The van der Waals surface area contributed by atoms with E-state index in [0.29, 0.717) is 12.1 Å². The van der Waals surface area contributed by atoms with Gasteiger partial charge in [-0.3, -0.25) is 4.90 Å². The molecule has 0 aromatic heterocycles. The van der Waals surface area contributed by atoms with Crippen LogP contribution in [-0.2, 0) is 0 Å². The van der Waals surface area contributed by atoms with Crippen LogP contribution < -0.4 is 5.32 Å². The van der Waals surface area contributed by atoms with Crippen LogP contribution in [0.5, 0.6) is 0 Å². The fourth-order valence-corrected chi connectivity index (χ4v) is 3.30. The maximum atomic E-state index is 3.76. The van der Waals surface area contributed by atoms with Gasteiger partial charge >= 0.3 is 0 Å². The Morgan fingerprint density at radius 3 is 2.38 bits per heavy atom. The minimum Gasteiger partial charge on any atom is -0.306 e. The fourth-order valence-electron chi connectivity index (χ4n) is 3.30. The molecule has 0 radical (unpaired) electrons. The van der Waals surface area contributed by atoms with Crippen molar-refractivity contribution in [1.29, 1.82) is 0 Å². The topological polar surface area (TPSA) is 18.5 Å². The zero-order valence-electron chi connectivity index (χ0n) is 14.3. The predicted octanol–water partition coefficient (Wildman–Crippen LogP) is 2.59. The molecule has 2 unspecified atom stereocenters. The summed E-state index contributed by atoms with van der Waals surface area (Å²) >= 11 is 0. The molecule has 118 valence electrons. The van der Waals surface area contributed by atoms with Gasteiger partial charge < -0.3 is 10.2 Å². The number of rotatable bonds is 5. The lowest BCUT2D eigenvalue weighted by atomic mass is 10.00. The third-order valence-corrected chi connectivity index (χ3v) is 4.55. The summed E-state index contributed by atoms with van der Waals surface area (Å²) in [5.74, 6) is 0. The normalized spacial score (nSPS) is 20.4. The van der Waals surface area contributed by atoms with Crippen LogP contribution in [0.1, 0.15) is 36.6 Å². The Bertz CT molecular complexity index is 450. The zero-order chi connectivity index (χ0) is 15.4. The highest BCUT2D eigenvalue weighted by atomic mass is 15.3. The van der Waals surface area contributed by atoms with Crippen molar-refractivity contribution in [1.82, 2.24) is 15.1 Å². The van der Waals surface area contributed by atoms with Crippen LogP contribution in [0.15, 0.2) is 18.2 Å². The van der Waals surface area contributed by atoms with Gasteiger partial charge in [0, 0.05) is 44.8 Å². The second kappa shape index (κ2) is 7.39. The van der Waals surface area contributed by atoms with Crippen molar-refractivity contribution in [2.24, 2.45) is 0 Å². The highest BCUT2D eigenvalue weighted by Crippen LogP contribution is 2.19. The van der Waals surface area contributed by atoms with Crippen molar-refractivity contribution in [3.63, 3.8) is 0 Å². The smallest absolute Gasteiger partial charge is 0.0297 e. The average molecular weight is 289 g/mol. The molecule has 1 aromatic carbocycles. The predicted molar refractivity (Wildman–Crippen MR) is 90.9 cm³/mol. The molecule has 1 aliphatic heterocycles. The molecule has 1 aliphatic rings. The van der Waals surface area contributed by atoms with E-state index in [4.69, 9.17) is 0 Å². The number of likely N-dealkylation sites (N-methyl/N-ethyl adjacent to an activating group) is 1. The van der Waals surface area contributed by atoms with Gasteiger partial charge in [0.15, 0.2) is 0 Å². The molecule has 0 saturated carbocycles. The third kappa shape index (κ3) is 4.80. The average Bonchev–Trinajstić information content (AvgIpc) is 2.41. The largest absolute Gasteiger partial charge is 0.306 e. The number of hydrogen-bond acceptors (Lipinski definition) is 3. The number of aryl methyl sites for hydroxylation is 2. The van der Waals surface area contributed by atoms with Crippen LogP contribution in [0.2, 0.25) is 0 Å². The lowest BCUT2D eigenvalue weighted by Crippen LogP contribution is -2.49. The molecular formula is C18H31N3. The standard InChI is InChI=1S/C18H31N3/c1-14-6-7-18(15(2)12-14)17(4)19-16(3)13-21-10-8-20(5)9-11-21/h6-7,12,16-17,19H,8-11,13H2,1-5H3. The van der Waals surface area contributed by atoms with E-state index < -0.39 is 0 Å². The molecule has 21 heavy (non-hydrogen) atoms. The number of benzene rings is 1. The SMILES string of the molecule is Cc1ccc(C(C)NC(C)CN2CCN(C)CC2)c(C)c1. The molecule has 1 N–H and O–H groups in total. The molecule has 1 fully saturated rings. The Morgan fingerprint density at radius 1 is 1.10 bits per heavy atom. The number of piperazine rings is 1. The van der Waals surface area contributed by atoms with Crippen LogP contribution >= 0.6 is 0 Å². The Balaban J connectivity index is 1.85. The first-order valence-electron chi connectivity index (χ1n) is 8.20. The summed E-state index contributed by atoms with van der Waals surface area (Å²) in [6.07, 6.45) is 0. The molecule has 0 bridgehead atoms. The summed E-state index contributed by atoms with van der Waals surface area (Å²) in [7, 11) is 2.21. The highest BCUT2D eigenvalue weighted by molar-refractivity contribution is 5.32. The second-order valence-corrected chi connectivity index (χ2v) is 6.75. The first-order valence-corrected chi connectivity index (χ1v) is 8.20. The summed E-state index contributed by atoms with van der Waals surface area (Å²) in [6.45, 7) is 14.9. The van der Waals surface area contributed by atoms with Gasteiger partial charge in [-0.15, -0.1) is 0 Å². The lowest BCUT2D eigenvalue weighted by molar-refractivity contribution is 0.142. The van der Waals surface area contributed by atoms with Crippen LogP contribution in [0.3, 0.4) is 0 Å². The molecule has 3 nitrogen and oxygen atoms in total. The third-order valence-electron chi connectivity index (χ3n) is 4.55. The summed E-state index contributed by atoms with van der Waals surface area (Å²) in [5.41, 5.74) is 4.15. The van der Waals surface area contributed by atoms with Crippen molar-refractivity contribution in [3.8, 4) is 0 Å². The zero-order valence-corrected chi connectivity index (χ0v) is 14.3. The molecule has 0 spiro atoms. The molecule has 1 aromatic rings. The van der Waals surface area contributed by atoms with Crippen molar-refractivity contribution in [2.45, 2.75) is 39.8 Å². The van der Waals surface area contributed by atoms with E-state index in [0.717, 1.165) is 6.54 Å². The van der Waals surface area contributed by atoms with Crippen LogP contribution in [0.25, 0.3) is 0 Å². The van der Waals surface area contributed by atoms with Gasteiger partial charge in [0.05, 0.1) is 0 Å². The Morgan fingerprint density at radius 2 is 1.76 bits per heavy atom. The van der Waals surface area contributed by atoms with Gasteiger partial charge in [-0.05, 0) is 45.9 Å². The minimum atomic E-state index is 0.410. The minimum absolute atomic E-state index is 0.410. The molecule has 1 heterocycles. The quantitative estimate of drug-likeness (QED) is 0.899. The second-order valence-electron chi connectivity index (χ2n) is 6.75. The van der Waals surface area contributed by atoms with E-state index in [1.165, 1.54) is 42.9 Å². The molecular weight excluding hydrogens is 258 g/mol. The molecule has 2 atom stereocenters. The maximum Gasteiger partial charge on any atom is 0.0297 e. The van der Waals surface area contributed by atoms with Crippen molar-refractivity contribution >= 4 is 0 Å². The van der Waals surface area contributed by atoms with Crippen molar-refractivity contribution < 1.29 is 0 Å². The Labute approximate surface area is 130 Å². The highest BCUT2D eigenvalue weighted by Gasteiger charge is 2.17. The number of nitrogens with zero attached hydrogens (tertiary/aromatic N) is 2. The Kier molecular flexibility index (Phi) is 5.80. The van der Waals surface area contributed by atoms with Gasteiger partial charge in [0.1, 0.15) is 0 Å². The summed E-state index contributed by atoms with van der Waals surface area (Å²) < 4.78 is 0. The van der Waals surface area contributed by atoms with E-state index in [-0.39, 0.29) is 0 Å². The lowest BCUT2D eigenvalue weighted by Gasteiger charge is -2.34. The van der Waals surface area contributed by atoms with E-state index in [2.05, 4.69) is 68.1 Å². The molecule has 1 saturated heterocycles. The van der Waals surface area contributed by atoms with E-state index in [1.807, 2.05) is 0 Å². The maximum absolute atomic E-state index is 3.76. The van der Waals surface area contributed by atoms with Crippen molar-refractivity contribution in [3.05, 3.63) is 34.9 Å². The van der Waals surface area contributed by atoms with Crippen LogP contribution in [0.4, 0.5) is 0 Å². The number of hydrogen-bond donors (Lipinski definition) is 1. The molecule has 0 amide bonds.